The molecule has 0 bridgehead atoms. The normalized spacial score (nSPS) is 11.1. The number of aryl methyl sites for hydroxylation is 1. The fraction of sp³-hybridized carbons (Fsp3) is 0.214. The van der Waals surface area contributed by atoms with Gasteiger partial charge in [-0.1, -0.05) is 48.6 Å². The van der Waals surface area contributed by atoms with Gasteiger partial charge in [0.2, 0.25) is 4.96 Å². The second-order valence-corrected chi connectivity index (χ2v) is 5.26. The van der Waals surface area contributed by atoms with E-state index >= 15 is 0 Å². The van der Waals surface area contributed by atoms with Crippen molar-refractivity contribution in [1.82, 2.24) is 14.6 Å². The zero-order valence-corrected chi connectivity index (χ0v) is 11.6. The number of aromatic nitrogens is 3. The molecular weight excluding hydrogens is 258 g/mol. The van der Waals surface area contributed by atoms with Gasteiger partial charge in [-0.15, -0.1) is 0 Å². The number of hydrogen-bond donors (Lipinski definition) is 0. The Kier molecular flexibility index (Phi) is 2.91. The molecule has 0 aliphatic carbocycles. The lowest BCUT2D eigenvalue weighted by atomic mass is 10.2. The lowest BCUT2D eigenvalue weighted by Gasteiger charge is -1.99. The Labute approximate surface area is 114 Å². The summed E-state index contributed by atoms with van der Waals surface area (Å²) in [5.41, 5.74) is 2.50. The van der Waals surface area contributed by atoms with Crippen LogP contribution in [0.3, 0.4) is 0 Å². The standard InChI is InChI=1S/C14H13N3OS/c1-3-11-9(2)15-14-17(13(11)18)16-12(19-14)10-7-5-4-6-8-10/h4-8H,3H2,1-2H3. The van der Waals surface area contributed by atoms with Crippen molar-refractivity contribution in [3.8, 4) is 10.6 Å². The van der Waals surface area contributed by atoms with E-state index in [4.69, 9.17) is 0 Å². The van der Waals surface area contributed by atoms with Gasteiger partial charge in [-0.2, -0.15) is 9.61 Å². The van der Waals surface area contributed by atoms with Gasteiger partial charge in [0.25, 0.3) is 5.56 Å². The molecule has 5 heteroatoms. The largest absolute Gasteiger partial charge is 0.278 e. The van der Waals surface area contributed by atoms with Crippen LogP contribution in [0.4, 0.5) is 0 Å². The number of nitrogens with zero attached hydrogens (tertiary/aromatic N) is 3. The molecule has 0 saturated heterocycles. The summed E-state index contributed by atoms with van der Waals surface area (Å²) in [5.74, 6) is 0. The van der Waals surface area contributed by atoms with Gasteiger partial charge in [-0.05, 0) is 13.3 Å². The molecule has 1 aromatic carbocycles. The summed E-state index contributed by atoms with van der Waals surface area (Å²) in [6, 6.07) is 9.84. The first-order chi connectivity index (χ1) is 9.20. The fourth-order valence-electron chi connectivity index (χ4n) is 2.08. The first kappa shape index (κ1) is 12.0. The maximum Gasteiger partial charge on any atom is 0.278 e. The van der Waals surface area contributed by atoms with Crippen LogP contribution in [-0.2, 0) is 6.42 Å². The average molecular weight is 271 g/mol. The van der Waals surface area contributed by atoms with Gasteiger partial charge < -0.3 is 0 Å². The molecule has 0 atom stereocenters. The van der Waals surface area contributed by atoms with Crippen LogP contribution >= 0.6 is 11.3 Å². The summed E-state index contributed by atoms with van der Waals surface area (Å²) >= 11 is 1.44. The van der Waals surface area contributed by atoms with Crippen molar-refractivity contribution in [3.63, 3.8) is 0 Å². The van der Waals surface area contributed by atoms with E-state index in [9.17, 15) is 4.79 Å². The highest BCUT2D eigenvalue weighted by Crippen LogP contribution is 2.24. The molecule has 4 nitrogen and oxygen atoms in total. The maximum absolute atomic E-state index is 12.3. The highest BCUT2D eigenvalue weighted by molar-refractivity contribution is 7.19. The van der Waals surface area contributed by atoms with Crippen molar-refractivity contribution < 1.29 is 0 Å². The molecule has 3 aromatic rings. The summed E-state index contributed by atoms with van der Waals surface area (Å²) in [5, 5.41) is 5.21. The third kappa shape index (κ3) is 1.96. The van der Waals surface area contributed by atoms with Gasteiger partial charge >= 0.3 is 0 Å². The maximum atomic E-state index is 12.3. The number of rotatable bonds is 2. The van der Waals surface area contributed by atoms with Crippen molar-refractivity contribution in [2.75, 3.05) is 0 Å². The van der Waals surface area contributed by atoms with Crippen molar-refractivity contribution in [1.29, 1.82) is 0 Å². The molecule has 0 amide bonds. The van der Waals surface area contributed by atoms with E-state index in [1.54, 1.807) is 0 Å². The third-order valence-electron chi connectivity index (χ3n) is 3.08. The topological polar surface area (TPSA) is 47.3 Å². The molecule has 19 heavy (non-hydrogen) atoms. The zero-order chi connectivity index (χ0) is 13.4. The SMILES string of the molecule is CCc1c(C)nc2sc(-c3ccccc3)nn2c1=O. The van der Waals surface area contributed by atoms with Gasteiger partial charge in [-0.3, -0.25) is 4.79 Å². The van der Waals surface area contributed by atoms with E-state index in [1.165, 1.54) is 15.9 Å². The van der Waals surface area contributed by atoms with Gasteiger partial charge in [0, 0.05) is 16.8 Å². The minimum absolute atomic E-state index is 0.0524. The number of benzene rings is 1. The van der Waals surface area contributed by atoms with E-state index in [0.717, 1.165) is 21.8 Å². The van der Waals surface area contributed by atoms with Gasteiger partial charge in [-0.25, -0.2) is 4.98 Å². The van der Waals surface area contributed by atoms with Crippen LogP contribution in [0.2, 0.25) is 0 Å². The molecule has 2 heterocycles. The second kappa shape index (κ2) is 4.59. The van der Waals surface area contributed by atoms with Crippen LogP contribution in [0, 0.1) is 6.92 Å². The minimum Gasteiger partial charge on any atom is -0.267 e. The van der Waals surface area contributed by atoms with Crippen molar-refractivity contribution >= 4 is 16.3 Å². The molecule has 2 aromatic heterocycles. The van der Waals surface area contributed by atoms with Crippen molar-refractivity contribution in [2.45, 2.75) is 20.3 Å². The fourth-order valence-corrected chi connectivity index (χ4v) is 3.03. The Morgan fingerprint density at radius 3 is 2.68 bits per heavy atom. The van der Waals surface area contributed by atoms with Crippen molar-refractivity contribution in [3.05, 3.63) is 51.9 Å². The summed E-state index contributed by atoms with van der Waals surface area (Å²) in [7, 11) is 0. The number of hydrogen-bond acceptors (Lipinski definition) is 4. The second-order valence-electron chi connectivity index (χ2n) is 4.30. The first-order valence-electron chi connectivity index (χ1n) is 6.15. The summed E-state index contributed by atoms with van der Waals surface area (Å²) in [4.78, 5) is 17.4. The molecule has 0 spiro atoms. The Morgan fingerprint density at radius 2 is 2.00 bits per heavy atom. The molecule has 3 rings (SSSR count). The van der Waals surface area contributed by atoms with Crippen LogP contribution in [0.5, 0.6) is 0 Å². The molecule has 0 radical (unpaired) electrons. The van der Waals surface area contributed by atoms with Crippen LogP contribution in [0.1, 0.15) is 18.2 Å². The zero-order valence-electron chi connectivity index (χ0n) is 10.8. The molecule has 0 saturated carbocycles. The van der Waals surface area contributed by atoms with E-state index in [2.05, 4.69) is 10.1 Å². The van der Waals surface area contributed by atoms with Gasteiger partial charge in [0.1, 0.15) is 5.01 Å². The molecule has 0 N–H and O–H groups in total. The summed E-state index contributed by atoms with van der Waals surface area (Å²) in [6.07, 6.45) is 0.679. The van der Waals surface area contributed by atoms with Gasteiger partial charge in [0.15, 0.2) is 0 Å². The smallest absolute Gasteiger partial charge is 0.267 e. The lowest BCUT2D eigenvalue weighted by molar-refractivity contribution is 0.856. The highest BCUT2D eigenvalue weighted by Gasteiger charge is 2.13. The Hall–Kier alpha value is -2.01. The minimum atomic E-state index is -0.0524. The highest BCUT2D eigenvalue weighted by atomic mass is 32.1. The lowest BCUT2D eigenvalue weighted by Crippen LogP contribution is -2.21. The first-order valence-corrected chi connectivity index (χ1v) is 6.97. The molecule has 0 aliphatic rings. The van der Waals surface area contributed by atoms with E-state index in [1.807, 2.05) is 44.2 Å². The van der Waals surface area contributed by atoms with Crippen molar-refractivity contribution in [2.24, 2.45) is 0 Å². The Morgan fingerprint density at radius 1 is 1.26 bits per heavy atom. The van der Waals surface area contributed by atoms with E-state index in [-0.39, 0.29) is 5.56 Å². The summed E-state index contributed by atoms with van der Waals surface area (Å²) in [6.45, 7) is 3.84. The van der Waals surface area contributed by atoms with Crippen LogP contribution in [0.15, 0.2) is 35.1 Å². The Balaban J connectivity index is 2.28. The van der Waals surface area contributed by atoms with Crippen LogP contribution < -0.4 is 5.56 Å². The molecular formula is C14H13N3OS. The molecule has 0 unspecified atom stereocenters. The molecule has 0 aliphatic heterocycles. The molecule has 96 valence electrons. The van der Waals surface area contributed by atoms with E-state index in [0.29, 0.717) is 11.4 Å². The van der Waals surface area contributed by atoms with Crippen LogP contribution in [-0.4, -0.2) is 14.6 Å². The molecule has 0 fully saturated rings. The quantitative estimate of drug-likeness (QED) is 0.720. The number of fused-ring (bicyclic) bond motifs is 1. The monoisotopic (exact) mass is 271 g/mol. The summed E-state index contributed by atoms with van der Waals surface area (Å²) < 4.78 is 1.42. The van der Waals surface area contributed by atoms with E-state index < -0.39 is 0 Å². The average Bonchev–Trinajstić information content (AvgIpc) is 2.84. The van der Waals surface area contributed by atoms with Gasteiger partial charge in [0.05, 0.1) is 0 Å². The predicted molar refractivity (Wildman–Crippen MR) is 76.7 cm³/mol. The third-order valence-corrected chi connectivity index (χ3v) is 4.04. The Bertz CT molecular complexity index is 790. The predicted octanol–water partition coefficient (Wildman–Crippen LogP) is 2.69. The van der Waals surface area contributed by atoms with Crippen LogP contribution in [0.25, 0.3) is 15.5 Å².